The molecule has 0 aliphatic carbocycles. The van der Waals surface area contributed by atoms with Crippen LogP contribution in [0.1, 0.15) is 44.6 Å². The maximum absolute atomic E-state index is 9.99. The minimum atomic E-state index is -0.663. The van der Waals surface area contributed by atoms with E-state index in [0.29, 0.717) is 12.2 Å². The molecule has 1 aromatic heterocycles. The van der Waals surface area contributed by atoms with Gasteiger partial charge in [-0.3, -0.25) is 0 Å². The van der Waals surface area contributed by atoms with Gasteiger partial charge >= 0.3 is 0 Å². The first-order chi connectivity index (χ1) is 8.43. The summed E-state index contributed by atoms with van der Waals surface area (Å²) in [5.74, 6) is 0.986. The summed E-state index contributed by atoms with van der Waals surface area (Å²) in [6.07, 6.45) is 2.49. The molecule has 1 aliphatic heterocycles. The second-order valence-corrected chi connectivity index (χ2v) is 5.54. The lowest BCUT2D eigenvalue weighted by Crippen LogP contribution is -2.30. The average Bonchev–Trinajstić information content (AvgIpc) is 2.68. The predicted molar refractivity (Wildman–Crippen MR) is 69.5 cm³/mol. The minimum Gasteiger partial charge on any atom is -0.390 e. The van der Waals surface area contributed by atoms with Crippen LogP contribution in [0.15, 0.2) is 6.20 Å². The monoisotopic (exact) mass is 251 g/mol. The van der Waals surface area contributed by atoms with Crippen molar-refractivity contribution in [2.24, 2.45) is 0 Å². The van der Waals surface area contributed by atoms with Crippen LogP contribution in [-0.2, 0) is 6.61 Å². The van der Waals surface area contributed by atoms with Gasteiger partial charge in [-0.2, -0.15) is 0 Å². The Bertz CT molecular complexity index is 432. The van der Waals surface area contributed by atoms with Crippen LogP contribution in [0.2, 0.25) is 0 Å². The molecule has 0 saturated carbocycles. The van der Waals surface area contributed by atoms with Crippen LogP contribution in [-0.4, -0.2) is 38.9 Å². The summed E-state index contributed by atoms with van der Waals surface area (Å²) in [5, 5.41) is 19.4. The van der Waals surface area contributed by atoms with Crippen LogP contribution in [0.25, 0.3) is 0 Å². The molecule has 1 aromatic rings. The first kappa shape index (κ1) is 13.2. The van der Waals surface area contributed by atoms with Crippen molar-refractivity contribution in [1.82, 2.24) is 9.97 Å². The van der Waals surface area contributed by atoms with E-state index in [-0.39, 0.29) is 12.5 Å². The van der Waals surface area contributed by atoms with Crippen molar-refractivity contribution in [1.29, 1.82) is 0 Å². The summed E-state index contributed by atoms with van der Waals surface area (Å²) in [6, 6.07) is 0. The highest BCUT2D eigenvalue weighted by molar-refractivity contribution is 5.50. The third kappa shape index (κ3) is 2.62. The van der Waals surface area contributed by atoms with Gasteiger partial charge in [0.25, 0.3) is 0 Å². The topological polar surface area (TPSA) is 69.5 Å². The molecule has 1 unspecified atom stereocenters. The van der Waals surface area contributed by atoms with E-state index in [4.69, 9.17) is 0 Å². The Hall–Kier alpha value is -1.20. The van der Waals surface area contributed by atoms with Gasteiger partial charge in [-0.1, -0.05) is 13.8 Å². The van der Waals surface area contributed by atoms with Crippen LogP contribution >= 0.6 is 0 Å². The van der Waals surface area contributed by atoms with Gasteiger partial charge in [0.05, 0.1) is 29.8 Å². The number of aliphatic hydroxyl groups excluding tert-OH is 1. The van der Waals surface area contributed by atoms with Gasteiger partial charge < -0.3 is 15.1 Å². The number of aromatic nitrogens is 2. The zero-order chi connectivity index (χ0) is 13.3. The standard InChI is InChI=1S/C13H21N3O2/c1-9(2)12-14-6-11(10(7-17)15-12)16-5-4-13(3,18)8-16/h6,9,17-18H,4-5,7-8H2,1-3H3. The number of hydrogen-bond donors (Lipinski definition) is 2. The lowest BCUT2D eigenvalue weighted by atomic mass is 10.1. The van der Waals surface area contributed by atoms with E-state index in [1.807, 2.05) is 25.7 Å². The fraction of sp³-hybridized carbons (Fsp3) is 0.692. The molecule has 0 aromatic carbocycles. The smallest absolute Gasteiger partial charge is 0.131 e. The van der Waals surface area contributed by atoms with E-state index in [9.17, 15) is 10.2 Å². The van der Waals surface area contributed by atoms with Crippen LogP contribution in [0.3, 0.4) is 0 Å². The Kier molecular flexibility index (Phi) is 3.54. The molecule has 1 aliphatic rings. The number of rotatable bonds is 3. The summed E-state index contributed by atoms with van der Waals surface area (Å²) < 4.78 is 0. The van der Waals surface area contributed by atoms with Gasteiger partial charge in [0.2, 0.25) is 0 Å². The van der Waals surface area contributed by atoms with Crippen molar-refractivity contribution in [2.75, 3.05) is 18.0 Å². The van der Waals surface area contributed by atoms with Gasteiger partial charge in [-0.25, -0.2) is 9.97 Å². The number of hydrogen-bond acceptors (Lipinski definition) is 5. The maximum Gasteiger partial charge on any atom is 0.131 e. The van der Waals surface area contributed by atoms with Crippen molar-refractivity contribution < 1.29 is 10.2 Å². The van der Waals surface area contributed by atoms with Gasteiger partial charge in [0.1, 0.15) is 5.82 Å². The van der Waals surface area contributed by atoms with E-state index in [1.54, 1.807) is 6.20 Å². The molecule has 1 saturated heterocycles. The Morgan fingerprint density at radius 1 is 1.50 bits per heavy atom. The van der Waals surface area contributed by atoms with E-state index < -0.39 is 5.60 Å². The van der Waals surface area contributed by atoms with Gasteiger partial charge in [0.15, 0.2) is 0 Å². The Morgan fingerprint density at radius 3 is 2.72 bits per heavy atom. The Balaban J connectivity index is 2.28. The molecule has 1 fully saturated rings. The van der Waals surface area contributed by atoms with Crippen molar-refractivity contribution >= 4 is 5.69 Å². The van der Waals surface area contributed by atoms with E-state index in [0.717, 1.165) is 24.5 Å². The number of aliphatic hydroxyl groups is 2. The molecule has 1 atom stereocenters. The molecule has 0 spiro atoms. The third-order valence-electron chi connectivity index (χ3n) is 3.32. The SMILES string of the molecule is CC(C)c1ncc(N2CCC(C)(O)C2)c(CO)n1. The lowest BCUT2D eigenvalue weighted by molar-refractivity contribution is 0.0839. The molecule has 0 bridgehead atoms. The average molecular weight is 251 g/mol. The van der Waals surface area contributed by atoms with Crippen LogP contribution < -0.4 is 4.90 Å². The second-order valence-electron chi connectivity index (χ2n) is 5.54. The highest BCUT2D eigenvalue weighted by Gasteiger charge is 2.32. The molecule has 0 radical (unpaired) electrons. The zero-order valence-corrected chi connectivity index (χ0v) is 11.2. The van der Waals surface area contributed by atoms with Crippen molar-refractivity contribution in [3.63, 3.8) is 0 Å². The van der Waals surface area contributed by atoms with Crippen LogP contribution in [0, 0.1) is 0 Å². The van der Waals surface area contributed by atoms with Crippen LogP contribution in [0.4, 0.5) is 5.69 Å². The summed E-state index contributed by atoms with van der Waals surface area (Å²) in [4.78, 5) is 10.8. The summed E-state index contributed by atoms with van der Waals surface area (Å²) in [7, 11) is 0. The largest absolute Gasteiger partial charge is 0.390 e. The molecule has 2 rings (SSSR count). The maximum atomic E-state index is 9.99. The zero-order valence-electron chi connectivity index (χ0n) is 11.2. The first-order valence-electron chi connectivity index (χ1n) is 6.37. The van der Waals surface area contributed by atoms with E-state index in [1.165, 1.54) is 0 Å². The minimum absolute atomic E-state index is 0.101. The molecular formula is C13H21N3O2. The lowest BCUT2D eigenvalue weighted by Gasteiger charge is -2.22. The number of β-amino-alcohol motifs (C(OH)–C–C–N with tert-alkyl or cyclic N) is 1. The quantitative estimate of drug-likeness (QED) is 0.840. The molecule has 2 N–H and O–H groups in total. The van der Waals surface area contributed by atoms with Crippen molar-refractivity contribution in [2.45, 2.75) is 45.3 Å². The molecule has 100 valence electrons. The van der Waals surface area contributed by atoms with Gasteiger partial charge in [-0.15, -0.1) is 0 Å². The Labute approximate surface area is 107 Å². The molecule has 18 heavy (non-hydrogen) atoms. The second kappa shape index (κ2) is 4.82. The van der Waals surface area contributed by atoms with Gasteiger partial charge in [0, 0.05) is 19.0 Å². The third-order valence-corrected chi connectivity index (χ3v) is 3.32. The first-order valence-corrected chi connectivity index (χ1v) is 6.37. The van der Waals surface area contributed by atoms with Crippen molar-refractivity contribution in [3.05, 3.63) is 17.7 Å². The normalized spacial score (nSPS) is 24.0. The molecule has 5 nitrogen and oxygen atoms in total. The fourth-order valence-corrected chi connectivity index (χ4v) is 2.24. The van der Waals surface area contributed by atoms with Crippen molar-refractivity contribution in [3.8, 4) is 0 Å². The molecule has 2 heterocycles. The summed E-state index contributed by atoms with van der Waals surface area (Å²) in [6.45, 7) is 7.10. The van der Waals surface area contributed by atoms with Gasteiger partial charge in [-0.05, 0) is 13.3 Å². The summed E-state index contributed by atoms with van der Waals surface area (Å²) in [5.41, 5.74) is 0.815. The predicted octanol–water partition coefficient (Wildman–Crippen LogP) is 1.05. The van der Waals surface area contributed by atoms with E-state index >= 15 is 0 Å². The highest BCUT2D eigenvalue weighted by Crippen LogP contribution is 2.28. The molecule has 5 heteroatoms. The molecule has 0 amide bonds. The Morgan fingerprint density at radius 2 is 2.22 bits per heavy atom. The summed E-state index contributed by atoms with van der Waals surface area (Å²) >= 11 is 0. The van der Waals surface area contributed by atoms with E-state index in [2.05, 4.69) is 9.97 Å². The fourth-order valence-electron chi connectivity index (χ4n) is 2.24. The van der Waals surface area contributed by atoms with Crippen LogP contribution in [0.5, 0.6) is 0 Å². The molecular weight excluding hydrogens is 230 g/mol. The number of anilines is 1. The number of nitrogens with zero attached hydrogens (tertiary/aromatic N) is 3. The highest BCUT2D eigenvalue weighted by atomic mass is 16.3.